The highest BCUT2D eigenvalue weighted by Gasteiger charge is 2.24. The molecule has 0 atom stereocenters. The van der Waals surface area contributed by atoms with Gasteiger partial charge in [-0.1, -0.05) is 30.3 Å². The van der Waals surface area contributed by atoms with Crippen LogP contribution in [0, 0.1) is 0 Å². The number of hydrogen-bond acceptors (Lipinski definition) is 5. The van der Waals surface area contributed by atoms with Gasteiger partial charge in [-0.2, -0.15) is 5.10 Å². The van der Waals surface area contributed by atoms with E-state index in [1.165, 1.54) is 7.11 Å². The molecule has 0 radical (unpaired) electrons. The van der Waals surface area contributed by atoms with Crippen molar-refractivity contribution in [2.45, 2.75) is 19.9 Å². The zero-order chi connectivity index (χ0) is 15.9. The SMILES string of the molecule is CCOC(=O)c1nn(Cc2ccccc2)c(OC)c1CC=O. The molecule has 116 valence electrons. The Morgan fingerprint density at radius 1 is 1.32 bits per heavy atom. The van der Waals surface area contributed by atoms with E-state index >= 15 is 0 Å². The number of aromatic nitrogens is 2. The Labute approximate surface area is 128 Å². The minimum atomic E-state index is -0.551. The Morgan fingerprint density at radius 2 is 2.05 bits per heavy atom. The number of aldehydes is 1. The first-order valence-electron chi connectivity index (χ1n) is 6.99. The molecule has 0 bridgehead atoms. The average molecular weight is 302 g/mol. The highest BCUT2D eigenvalue weighted by atomic mass is 16.5. The average Bonchev–Trinajstić information content (AvgIpc) is 2.86. The van der Waals surface area contributed by atoms with E-state index < -0.39 is 5.97 Å². The molecule has 0 aliphatic carbocycles. The van der Waals surface area contributed by atoms with Crippen molar-refractivity contribution in [3.63, 3.8) is 0 Å². The first-order valence-corrected chi connectivity index (χ1v) is 6.99. The lowest BCUT2D eigenvalue weighted by Crippen LogP contribution is -2.09. The third kappa shape index (κ3) is 3.33. The summed E-state index contributed by atoms with van der Waals surface area (Å²) in [6.07, 6.45) is 0.765. The number of rotatable bonds is 7. The van der Waals surface area contributed by atoms with Crippen LogP contribution in [0.15, 0.2) is 30.3 Å². The van der Waals surface area contributed by atoms with E-state index in [1.54, 1.807) is 11.6 Å². The third-order valence-electron chi connectivity index (χ3n) is 3.12. The molecule has 6 nitrogen and oxygen atoms in total. The fourth-order valence-electron chi connectivity index (χ4n) is 2.21. The maximum Gasteiger partial charge on any atom is 0.359 e. The molecule has 0 unspecified atom stereocenters. The van der Waals surface area contributed by atoms with Gasteiger partial charge in [0.15, 0.2) is 5.69 Å². The van der Waals surface area contributed by atoms with E-state index in [1.807, 2.05) is 30.3 Å². The molecular weight excluding hydrogens is 284 g/mol. The third-order valence-corrected chi connectivity index (χ3v) is 3.12. The lowest BCUT2D eigenvalue weighted by Gasteiger charge is -2.07. The van der Waals surface area contributed by atoms with Gasteiger partial charge in [-0.3, -0.25) is 0 Å². The predicted octanol–water partition coefficient (Wildman–Crippen LogP) is 1.86. The summed E-state index contributed by atoms with van der Waals surface area (Å²) < 4.78 is 11.9. The Balaban J connectivity index is 2.42. The molecule has 2 rings (SSSR count). The van der Waals surface area contributed by atoms with Crippen LogP contribution >= 0.6 is 0 Å². The van der Waals surface area contributed by atoms with Crippen molar-refractivity contribution in [2.75, 3.05) is 13.7 Å². The van der Waals surface area contributed by atoms with Crippen LogP contribution in [0.5, 0.6) is 5.88 Å². The minimum Gasteiger partial charge on any atom is -0.481 e. The molecule has 6 heteroatoms. The molecule has 22 heavy (non-hydrogen) atoms. The number of ether oxygens (including phenoxy) is 2. The minimum absolute atomic E-state index is 0.0477. The van der Waals surface area contributed by atoms with E-state index in [-0.39, 0.29) is 18.7 Å². The highest BCUT2D eigenvalue weighted by molar-refractivity contribution is 5.90. The van der Waals surface area contributed by atoms with Crippen LogP contribution in [0.2, 0.25) is 0 Å². The topological polar surface area (TPSA) is 70.4 Å². The highest BCUT2D eigenvalue weighted by Crippen LogP contribution is 2.24. The van der Waals surface area contributed by atoms with Gasteiger partial charge in [0.05, 0.1) is 25.8 Å². The van der Waals surface area contributed by atoms with E-state index in [4.69, 9.17) is 9.47 Å². The molecule has 0 saturated carbocycles. The van der Waals surface area contributed by atoms with Gasteiger partial charge in [-0.15, -0.1) is 0 Å². The zero-order valence-corrected chi connectivity index (χ0v) is 12.6. The Morgan fingerprint density at radius 3 is 2.64 bits per heavy atom. The molecule has 0 saturated heterocycles. The summed E-state index contributed by atoms with van der Waals surface area (Å²) >= 11 is 0. The Bertz CT molecular complexity index is 650. The summed E-state index contributed by atoms with van der Waals surface area (Å²) in [5.74, 6) is -0.150. The quantitative estimate of drug-likeness (QED) is 0.576. The van der Waals surface area contributed by atoms with Crippen molar-refractivity contribution in [1.82, 2.24) is 9.78 Å². The standard InChI is InChI=1S/C16H18N2O4/c1-3-22-16(20)14-13(9-10-19)15(21-2)18(17-14)11-12-7-5-4-6-8-12/h4-8,10H,3,9,11H2,1-2H3. The van der Waals surface area contributed by atoms with Gasteiger partial charge in [0.2, 0.25) is 5.88 Å². The molecule has 0 amide bonds. The van der Waals surface area contributed by atoms with Crippen LogP contribution in [0.1, 0.15) is 28.5 Å². The smallest absolute Gasteiger partial charge is 0.359 e. The molecule has 2 aromatic rings. The van der Waals surface area contributed by atoms with Crippen molar-refractivity contribution in [3.8, 4) is 5.88 Å². The molecule has 1 aromatic heterocycles. The Hall–Kier alpha value is -2.63. The molecule has 0 aliphatic heterocycles. The number of nitrogens with zero attached hydrogens (tertiary/aromatic N) is 2. The fraction of sp³-hybridized carbons (Fsp3) is 0.312. The van der Waals surface area contributed by atoms with E-state index in [0.717, 1.165) is 11.8 Å². The van der Waals surface area contributed by atoms with Crippen molar-refractivity contribution >= 4 is 12.3 Å². The Kier molecular flexibility index (Phi) is 5.30. The number of esters is 1. The van der Waals surface area contributed by atoms with Crippen molar-refractivity contribution in [3.05, 3.63) is 47.2 Å². The fourth-order valence-corrected chi connectivity index (χ4v) is 2.21. The normalized spacial score (nSPS) is 10.3. The van der Waals surface area contributed by atoms with Crippen molar-refractivity contribution in [2.24, 2.45) is 0 Å². The molecule has 1 heterocycles. The van der Waals surface area contributed by atoms with Gasteiger partial charge in [-0.05, 0) is 12.5 Å². The second kappa shape index (κ2) is 7.40. The number of hydrogen-bond donors (Lipinski definition) is 0. The number of carbonyl (C=O) groups excluding carboxylic acids is 2. The lowest BCUT2D eigenvalue weighted by atomic mass is 10.2. The summed E-state index contributed by atoms with van der Waals surface area (Å²) in [5, 5.41) is 4.27. The van der Waals surface area contributed by atoms with Gasteiger partial charge in [0.1, 0.15) is 6.29 Å². The summed E-state index contributed by atoms with van der Waals surface area (Å²) in [6.45, 7) is 2.40. The molecule has 0 N–H and O–H groups in total. The summed E-state index contributed by atoms with van der Waals surface area (Å²) in [4.78, 5) is 22.9. The van der Waals surface area contributed by atoms with Gasteiger partial charge in [0, 0.05) is 6.42 Å². The number of benzene rings is 1. The largest absolute Gasteiger partial charge is 0.481 e. The van der Waals surface area contributed by atoms with E-state index in [9.17, 15) is 9.59 Å². The van der Waals surface area contributed by atoms with Gasteiger partial charge >= 0.3 is 5.97 Å². The van der Waals surface area contributed by atoms with Crippen LogP contribution in [-0.2, 0) is 22.5 Å². The first-order chi connectivity index (χ1) is 10.7. The maximum atomic E-state index is 12.0. The first kappa shape index (κ1) is 15.8. The van der Waals surface area contributed by atoms with Crippen LogP contribution in [0.25, 0.3) is 0 Å². The molecule has 0 spiro atoms. The van der Waals surface area contributed by atoms with Gasteiger partial charge in [-0.25, -0.2) is 9.48 Å². The van der Waals surface area contributed by atoms with Crippen LogP contribution in [0.3, 0.4) is 0 Å². The monoisotopic (exact) mass is 302 g/mol. The summed E-state index contributed by atoms with van der Waals surface area (Å²) in [5.41, 5.74) is 1.59. The lowest BCUT2D eigenvalue weighted by molar-refractivity contribution is -0.107. The van der Waals surface area contributed by atoms with E-state index in [2.05, 4.69) is 5.10 Å². The second-order valence-electron chi connectivity index (χ2n) is 4.57. The molecular formula is C16H18N2O4. The summed E-state index contributed by atoms with van der Waals surface area (Å²) in [6, 6.07) is 9.66. The van der Waals surface area contributed by atoms with E-state index in [0.29, 0.717) is 18.0 Å². The predicted molar refractivity (Wildman–Crippen MR) is 80.0 cm³/mol. The number of methoxy groups -OCH3 is 1. The maximum absolute atomic E-state index is 12.0. The van der Waals surface area contributed by atoms with Gasteiger partial charge < -0.3 is 14.3 Å². The zero-order valence-electron chi connectivity index (χ0n) is 12.6. The van der Waals surface area contributed by atoms with Crippen LogP contribution < -0.4 is 4.74 Å². The summed E-state index contributed by atoms with van der Waals surface area (Å²) in [7, 11) is 1.49. The van der Waals surface area contributed by atoms with Crippen LogP contribution in [0.4, 0.5) is 0 Å². The van der Waals surface area contributed by atoms with Crippen molar-refractivity contribution < 1.29 is 19.1 Å². The second-order valence-corrected chi connectivity index (χ2v) is 4.57. The van der Waals surface area contributed by atoms with Gasteiger partial charge in [0.25, 0.3) is 0 Å². The van der Waals surface area contributed by atoms with Crippen molar-refractivity contribution in [1.29, 1.82) is 0 Å². The number of carbonyl (C=O) groups is 2. The molecule has 0 fully saturated rings. The molecule has 1 aromatic carbocycles. The van der Waals surface area contributed by atoms with Crippen LogP contribution in [-0.4, -0.2) is 35.8 Å². The molecule has 0 aliphatic rings.